The molecule has 8 heteroatoms. The van der Waals surface area contributed by atoms with Crippen LogP contribution in [0.15, 0.2) is 51.3 Å². The van der Waals surface area contributed by atoms with Crippen molar-refractivity contribution in [2.24, 2.45) is 5.92 Å². The molecule has 1 fully saturated rings. The van der Waals surface area contributed by atoms with Gasteiger partial charge in [-0.25, -0.2) is 9.97 Å². The van der Waals surface area contributed by atoms with Crippen molar-refractivity contribution in [3.05, 3.63) is 80.5 Å². The highest BCUT2D eigenvalue weighted by molar-refractivity contribution is 5.98. The van der Waals surface area contributed by atoms with Crippen LogP contribution in [0, 0.1) is 12.8 Å². The molecule has 0 amide bonds. The molecule has 8 nitrogen and oxygen atoms in total. The van der Waals surface area contributed by atoms with Gasteiger partial charge >= 0.3 is 0 Å². The number of nitrogens with one attached hydrogen (secondary N) is 1. The van der Waals surface area contributed by atoms with Crippen molar-refractivity contribution in [1.29, 1.82) is 0 Å². The number of phenols is 1. The van der Waals surface area contributed by atoms with E-state index in [0.717, 1.165) is 54.7 Å². The van der Waals surface area contributed by atoms with E-state index in [2.05, 4.69) is 29.0 Å². The summed E-state index contributed by atoms with van der Waals surface area (Å²) >= 11 is 0. The molecule has 1 aliphatic carbocycles. The highest BCUT2D eigenvalue weighted by atomic mass is 16.4. The van der Waals surface area contributed by atoms with E-state index in [-0.39, 0.29) is 17.0 Å². The second-order valence-electron chi connectivity index (χ2n) is 12.0. The first-order valence-electron chi connectivity index (χ1n) is 16.4. The zero-order valence-electron chi connectivity index (χ0n) is 27.7. The fourth-order valence-electron chi connectivity index (χ4n) is 6.03. The number of Topliss-reactive ketones (excluding diaryl/α,β-unsaturated/α-hetero) is 1. The van der Waals surface area contributed by atoms with Crippen LogP contribution in [0.25, 0.3) is 11.6 Å². The predicted molar refractivity (Wildman–Crippen MR) is 183 cm³/mol. The molecule has 2 heterocycles. The van der Waals surface area contributed by atoms with Gasteiger partial charge in [-0.15, -0.1) is 0 Å². The molecule has 3 aromatic rings. The van der Waals surface area contributed by atoms with Gasteiger partial charge in [-0.2, -0.15) is 0 Å². The summed E-state index contributed by atoms with van der Waals surface area (Å²) in [7, 11) is 0. The Bertz CT molecular complexity index is 1610. The van der Waals surface area contributed by atoms with E-state index in [1.54, 1.807) is 31.3 Å². The summed E-state index contributed by atoms with van der Waals surface area (Å²) in [6.07, 6.45) is 13.5. The number of allylic oxidation sites excluding steroid dienone is 2. The first kappa shape index (κ1) is 33.7. The van der Waals surface area contributed by atoms with Crippen molar-refractivity contribution in [1.82, 2.24) is 9.97 Å². The van der Waals surface area contributed by atoms with Crippen molar-refractivity contribution < 1.29 is 14.3 Å². The molecular weight excluding hydrogens is 564 g/mol. The minimum absolute atomic E-state index is 0.0240. The average molecular weight is 613 g/mol. The molecule has 0 radical (unpaired) electrons. The van der Waals surface area contributed by atoms with Gasteiger partial charge in [0.15, 0.2) is 17.1 Å². The molecule has 0 aliphatic heterocycles. The second kappa shape index (κ2) is 15.7. The maximum Gasteiger partial charge on any atom is 0.227 e. The lowest BCUT2D eigenvalue weighted by Gasteiger charge is -2.23. The minimum Gasteiger partial charge on any atom is -0.506 e. The van der Waals surface area contributed by atoms with Gasteiger partial charge in [0.05, 0.1) is 11.4 Å². The highest BCUT2D eigenvalue weighted by Crippen LogP contribution is 2.35. The van der Waals surface area contributed by atoms with Crippen molar-refractivity contribution in [3.8, 4) is 5.75 Å². The van der Waals surface area contributed by atoms with E-state index >= 15 is 0 Å². The third-order valence-corrected chi connectivity index (χ3v) is 8.55. The quantitative estimate of drug-likeness (QED) is 0.138. The molecule has 2 aromatic heterocycles. The van der Waals surface area contributed by atoms with Gasteiger partial charge in [-0.1, -0.05) is 58.6 Å². The van der Waals surface area contributed by atoms with Crippen LogP contribution < -0.4 is 15.6 Å². The topological polar surface area (TPSA) is 109 Å². The number of aromatic hydroxyl groups is 1. The predicted octanol–water partition coefficient (Wildman–Crippen LogP) is 8.38. The zero-order valence-corrected chi connectivity index (χ0v) is 27.7. The first-order chi connectivity index (χ1) is 21.7. The lowest BCUT2D eigenvalue weighted by Crippen LogP contribution is -2.26. The first-order valence-corrected chi connectivity index (χ1v) is 16.4. The third-order valence-electron chi connectivity index (χ3n) is 8.55. The Morgan fingerprint density at radius 2 is 1.84 bits per heavy atom. The maximum atomic E-state index is 13.0. The summed E-state index contributed by atoms with van der Waals surface area (Å²) in [6.45, 7) is 13.2. The minimum atomic E-state index is -0.0802. The Labute approximate surface area is 267 Å². The summed E-state index contributed by atoms with van der Waals surface area (Å²) in [5, 5.41) is 14.3. The number of carbonyl (C=O) groups is 1. The van der Waals surface area contributed by atoms with Gasteiger partial charge in [0.25, 0.3) is 0 Å². The lowest BCUT2D eigenvalue weighted by atomic mass is 9.98. The van der Waals surface area contributed by atoms with E-state index < -0.39 is 0 Å². The van der Waals surface area contributed by atoms with Crippen LogP contribution in [0.4, 0.5) is 17.5 Å². The molecule has 0 saturated heterocycles. The van der Waals surface area contributed by atoms with Crippen LogP contribution in [0.5, 0.6) is 5.75 Å². The number of carbonyl (C=O) groups excluding carboxylic acids is 1. The molecule has 2 N–H and O–H groups in total. The Balaban J connectivity index is 1.64. The van der Waals surface area contributed by atoms with Crippen molar-refractivity contribution in [2.75, 3.05) is 23.3 Å². The van der Waals surface area contributed by atoms with E-state index in [9.17, 15) is 14.7 Å². The average Bonchev–Trinajstić information content (AvgIpc) is 3.54. The smallest absolute Gasteiger partial charge is 0.227 e. The number of ketones is 1. The van der Waals surface area contributed by atoms with Crippen LogP contribution in [0.3, 0.4) is 0 Å². The van der Waals surface area contributed by atoms with Gasteiger partial charge < -0.3 is 19.7 Å². The number of benzene rings is 1. The molecule has 1 saturated carbocycles. The largest absolute Gasteiger partial charge is 0.506 e. The van der Waals surface area contributed by atoms with Crippen molar-refractivity contribution in [2.45, 2.75) is 92.9 Å². The van der Waals surface area contributed by atoms with Gasteiger partial charge in [0, 0.05) is 48.5 Å². The van der Waals surface area contributed by atoms with Gasteiger partial charge in [-0.05, 0) is 75.3 Å². The monoisotopic (exact) mass is 612 g/mol. The van der Waals surface area contributed by atoms with E-state index in [1.807, 2.05) is 39.0 Å². The molecular formula is C37H48N4O4. The SMILES string of the molecule is C/C=C(/c1ccc(Nc2ncc(/C=C(\C)C(=O)CC)c(CC3CCCC3)n2)c(O)c1)c1oc(N(CCC)CCC)cc(=O)c1C. The van der Waals surface area contributed by atoms with Crippen LogP contribution in [-0.2, 0) is 11.2 Å². The number of hydrogen-bond donors (Lipinski definition) is 2. The van der Waals surface area contributed by atoms with Gasteiger partial charge in [-0.3, -0.25) is 9.59 Å². The van der Waals surface area contributed by atoms with Crippen LogP contribution in [-0.4, -0.2) is 33.9 Å². The van der Waals surface area contributed by atoms with Crippen LogP contribution in [0.1, 0.15) is 108 Å². The normalized spacial score (nSPS) is 14.2. The van der Waals surface area contributed by atoms with Crippen LogP contribution >= 0.6 is 0 Å². The number of hydrogen-bond acceptors (Lipinski definition) is 8. The molecule has 1 aliphatic rings. The van der Waals surface area contributed by atoms with E-state index in [1.165, 1.54) is 25.7 Å². The molecule has 45 heavy (non-hydrogen) atoms. The zero-order chi connectivity index (χ0) is 32.5. The molecule has 0 atom stereocenters. The van der Waals surface area contributed by atoms with Crippen LogP contribution in [0.2, 0.25) is 0 Å². The van der Waals surface area contributed by atoms with E-state index in [0.29, 0.717) is 46.8 Å². The fourth-order valence-corrected chi connectivity index (χ4v) is 6.03. The Kier molecular flexibility index (Phi) is 11.7. The summed E-state index contributed by atoms with van der Waals surface area (Å²) in [5.41, 5.74) is 4.82. The number of rotatable bonds is 14. The highest BCUT2D eigenvalue weighted by Gasteiger charge is 2.21. The molecule has 0 unspecified atom stereocenters. The maximum absolute atomic E-state index is 13.0. The lowest BCUT2D eigenvalue weighted by molar-refractivity contribution is -0.115. The molecule has 0 bridgehead atoms. The number of nitrogens with zero attached hydrogens (tertiary/aromatic N) is 3. The van der Waals surface area contributed by atoms with E-state index in [4.69, 9.17) is 9.40 Å². The number of aromatic nitrogens is 2. The van der Waals surface area contributed by atoms with Crippen molar-refractivity contribution in [3.63, 3.8) is 0 Å². The molecule has 1 aromatic carbocycles. The standard InChI is InChI=1S/C37H48N4O4/c1-7-17-41(18-8-2)35-22-33(43)25(6)36(45-35)29(9-3)27-15-16-30(34(44)21-27)39-37-38-23-28(19-24(5)32(42)10-4)31(40-37)20-26-13-11-12-14-26/h9,15-16,19,21-23,26,44H,7-8,10-14,17-18,20H2,1-6H3,(H,38,39,40)/b24-19+,29-9-. The molecule has 0 spiro atoms. The summed E-state index contributed by atoms with van der Waals surface area (Å²) in [4.78, 5) is 36.8. The molecule has 240 valence electrons. The second-order valence-corrected chi connectivity index (χ2v) is 12.0. The van der Waals surface area contributed by atoms with Gasteiger partial charge in [0.1, 0.15) is 11.5 Å². The third kappa shape index (κ3) is 8.29. The van der Waals surface area contributed by atoms with Gasteiger partial charge in [0.2, 0.25) is 5.95 Å². The molecule has 4 rings (SSSR count). The number of phenolic OH excluding ortho intramolecular Hbond substituents is 1. The Morgan fingerprint density at radius 3 is 2.47 bits per heavy atom. The Morgan fingerprint density at radius 1 is 1.13 bits per heavy atom. The number of anilines is 3. The Hall–Kier alpha value is -4.20. The summed E-state index contributed by atoms with van der Waals surface area (Å²) < 4.78 is 6.37. The summed E-state index contributed by atoms with van der Waals surface area (Å²) in [6, 6.07) is 6.91. The summed E-state index contributed by atoms with van der Waals surface area (Å²) in [5.74, 6) is 2.13. The van der Waals surface area contributed by atoms with Crippen molar-refractivity contribution >= 4 is 35.0 Å². The fraction of sp³-hybridized carbons (Fsp3) is 0.459.